The molecule has 0 radical (unpaired) electrons. The Bertz CT molecular complexity index is 116. The van der Waals surface area contributed by atoms with Crippen molar-refractivity contribution in [1.29, 1.82) is 0 Å². The SMILES string of the molecule is CC(O)C(O)C(O)C(O)CO.Cl.Cl.Cl. The Kier molecular flexibility index (Phi) is 20.2. The second kappa shape index (κ2) is 11.7. The van der Waals surface area contributed by atoms with E-state index in [1.165, 1.54) is 6.92 Å². The lowest BCUT2D eigenvalue weighted by Gasteiger charge is -2.23. The molecule has 0 aromatic carbocycles. The molecule has 0 fully saturated rings. The molecule has 14 heavy (non-hydrogen) atoms. The first-order chi connectivity index (χ1) is 5.00. The summed E-state index contributed by atoms with van der Waals surface area (Å²) in [5.41, 5.74) is 0. The highest BCUT2D eigenvalue weighted by Crippen LogP contribution is 2.03. The summed E-state index contributed by atoms with van der Waals surface area (Å²) in [6.45, 7) is 0.628. The maximum atomic E-state index is 8.94. The van der Waals surface area contributed by atoms with Crippen molar-refractivity contribution in [3.63, 3.8) is 0 Å². The molecule has 0 aromatic heterocycles. The van der Waals surface area contributed by atoms with Gasteiger partial charge in [0.25, 0.3) is 0 Å². The highest BCUT2D eigenvalue weighted by Gasteiger charge is 2.27. The van der Waals surface area contributed by atoms with Crippen molar-refractivity contribution in [2.45, 2.75) is 31.3 Å². The normalized spacial score (nSPS) is 17.6. The summed E-state index contributed by atoms with van der Waals surface area (Å²) in [5, 5.41) is 43.7. The molecular weight excluding hydrogens is 258 g/mol. The van der Waals surface area contributed by atoms with Gasteiger partial charge in [-0.05, 0) is 6.92 Å². The summed E-state index contributed by atoms with van der Waals surface area (Å²) in [5.74, 6) is 0. The van der Waals surface area contributed by atoms with E-state index >= 15 is 0 Å². The monoisotopic (exact) mass is 274 g/mol. The van der Waals surface area contributed by atoms with Gasteiger partial charge in [0.15, 0.2) is 0 Å². The zero-order chi connectivity index (χ0) is 9.02. The molecule has 0 saturated heterocycles. The van der Waals surface area contributed by atoms with Crippen molar-refractivity contribution in [2.75, 3.05) is 6.61 Å². The van der Waals surface area contributed by atoms with Gasteiger partial charge < -0.3 is 25.5 Å². The molecule has 0 spiro atoms. The van der Waals surface area contributed by atoms with Gasteiger partial charge in [-0.25, -0.2) is 0 Å². The standard InChI is InChI=1S/C6H14O5.3ClH/c1-3(8)5(10)6(11)4(9)2-7;;;/h3-11H,2H2,1H3;3*1H. The average molecular weight is 276 g/mol. The lowest BCUT2D eigenvalue weighted by atomic mass is 10.1. The molecule has 4 atom stereocenters. The molecule has 0 bridgehead atoms. The smallest absolute Gasteiger partial charge is 0.110 e. The number of hydrogen-bond acceptors (Lipinski definition) is 5. The third-order valence-electron chi connectivity index (χ3n) is 1.43. The lowest BCUT2D eigenvalue weighted by Crippen LogP contribution is -2.44. The van der Waals surface area contributed by atoms with Crippen molar-refractivity contribution in [1.82, 2.24) is 0 Å². The Morgan fingerprint density at radius 1 is 0.857 bits per heavy atom. The Balaban J connectivity index is -0.000000167. The van der Waals surface area contributed by atoms with Crippen LogP contribution in [-0.4, -0.2) is 56.6 Å². The highest BCUT2D eigenvalue weighted by molar-refractivity contribution is 5.86. The predicted octanol–water partition coefficient (Wildman–Crippen LogP) is -1.29. The Hall–Kier alpha value is 0.670. The maximum Gasteiger partial charge on any atom is 0.110 e. The van der Waals surface area contributed by atoms with E-state index in [4.69, 9.17) is 25.5 Å². The summed E-state index contributed by atoms with van der Waals surface area (Å²) in [7, 11) is 0. The minimum absolute atomic E-state index is 0. The minimum Gasteiger partial charge on any atom is -0.394 e. The van der Waals surface area contributed by atoms with Crippen LogP contribution in [0.2, 0.25) is 0 Å². The number of hydrogen-bond donors (Lipinski definition) is 5. The van der Waals surface area contributed by atoms with Crippen LogP contribution in [0.1, 0.15) is 6.92 Å². The van der Waals surface area contributed by atoms with Gasteiger partial charge in [0.1, 0.15) is 18.3 Å². The quantitative estimate of drug-likeness (QED) is 0.439. The second-order valence-electron chi connectivity index (χ2n) is 2.47. The van der Waals surface area contributed by atoms with E-state index in [2.05, 4.69) is 0 Å². The molecule has 8 heteroatoms. The molecule has 0 aliphatic heterocycles. The molecular formula is C6H17Cl3O5. The van der Waals surface area contributed by atoms with Gasteiger partial charge in [-0.2, -0.15) is 0 Å². The fraction of sp³-hybridized carbons (Fsp3) is 1.00. The molecule has 0 amide bonds. The Labute approximate surface area is 101 Å². The molecule has 0 aromatic rings. The number of aliphatic hydroxyl groups excluding tert-OH is 5. The molecule has 0 aliphatic rings. The van der Waals surface area contributed by atoms with Crippen LogP contribution in [0.25, 0.3) is 0 Å². The molecule has 0 aliphatic carbocycles. The first kappa shape index (κ1) is 24.1. The van der Waals surface area contributed by atoms with E-state index in [0.717, 1.165) is 0 Å². The van der Waals surface area contributed by atoms with E-state index in [1.54, 1.807) is 0 Å². The van der Waals surface area contributed by atoms with Gasteiger partial charge in [0.2, 0.25) is 0 Å². The molecule has 5 nitrogen and oxygen atoms in total. The number of halogens is 3. The van der Waals surface area contributed by atoms with Crippen molar-refractivity contribution < 1.29 is 25.5 Å². The van der Waals surface area contributed by atoms with E-state index in [1.807, 2.05) is 0 Å². The summed E-state index contributed by atoms with van der Waals surface area (Å²) in [6.07, 6.45) is -5.50. The minimum atomic E-state index is -1.51. The van der Waals surface area contributed by atoms with E-state index in [0.29, 0.717) is 0 Å². The first-order valence-electron chi connectivity index (χ1n) is 3.33. The predicted molar refractivity (Wildman–Crippen MR) is 58.5 cm³/mol. The fourth-order valence-corrected chi connectivity index (χ4v) is 0.621. The fourth-order valence-electron chi connectivity index (χ4n) is 0.621. The topological polar surface area (TPSA) is 101 Å². The maximum absolute atomic E-state index is 8.94. The van der Waals surface area contributed by atoms with Crippen molar-refractivity contribution in [2.24, 2.45) is 0 Å². The van der Waals surface area contributed by atoms with Gasteiger partial charge in [0.05, 0.1) is 12.7 Å². The molecule has 5 N–H and O–H groups in total. The van der Waals surface area contributed by atoms with Crippen LogP contribution in [0.5, 0.6) is 0 Å². The second-order valence-corrected chi connectivity index (χ2v) is 2.47. The van der Waals surface area contributed by atoms with Gasteiger partial charge in [-0.1, -0.05) is 0 Å². The zero-order valence-electron chi connectivity index (χ0n) is 7.48. The van der Waals surface area contributed by atoms with Crippen LogP contribution in [0, 0.1) is 0 Å². The zero-order valence-corrected chi connectivity index (χ0v) is 9.93. The third kappa shape index (κ3) is 8.02. The molecule has 4 unspecified atom stereocenters. The Morgan fingerprint density at radius 3 is 1.43 bits per heavy atom. The van der Waals surface area contributed by atoms with Crippen molar-refractivity contribution in [3.05, 3.63) is 0 Å². The van der Waals surface area contributed by atoms with E-state index < -0.39 is 31.0 Å². The van der Waals surface area contributed by atoms with Crippen LogP contribution in [-0.2, 0) is 0 Å². The Morgan fingerprint density at radius 2 is 1.21 bits per heavy atom. The number of rotatable bonds is 4. The molecule has 0 saturated carbocycles. The summed E-state index contributed by atoms with van der Waals surface area (Å²) in [4.78, 5) is 0. The van der Waals surface area contributed by atoms with E-state index in [9.17, 15) is 0 Å². The lowest BCUT2D eigenvalue weighted by molar-refractivity contribution is -0.110. The van der Waals surface area contributed by atoms with Crippen LogP contribution >= 0.6 is 37.2 Å². The summed E-state index contributed by atoms with van der Waals surface area (Å²) in [6, 6.07) is 0. The average Bonchev–Trinajstić information content (AvgIpc) is 2.00. The van der Waals surface area contributed by atoms with Crippen molar-refractivity contribution in [3.8, 4) is 0 Å². The molecule has 92 valence electrons. The van der Waals surface area contributed by atoms with Crippen LogP contribution < -0.4 is 0 Å². The van der Waals surface area contributed by atoms with Crippen LogP contribution in [0.15, 0.2) is 0 Å². The summed E-state index contributed by atoms with van der Waals surface area (Å²) < 4.78 is 0. The van der Waals surface area contributed by atoms with Gasteiger partial charge >= 0.3 is 0 Å². The van der Waals surface area contributed by atoms with Gasteiger partial charge in [-0.15, -0.1) is 37.2 Å². The summed E-state index contributed by atoms with van der Waals surface area (Å²) >= 11 is 0. The van der Waals surface area contributed by atoms with Crippen molar-refractivity contribution >= 4 is 37.2 Å². The number of aliphatic hydroxyl groups is 5. The van der Waals surface area contributed by atoms with Gasteiger partial charge in [0, 0.05) is 0 Å². The largest absolute Gasteiger partial charge is 0.394 e. The van der Waals surface area contributed by atoms with Crippen LogP contribution in [0.3, 0.4) is 0 Å². The highest BCUT2D eigenvalue weighted by atomic mass is 35.5. The van der Waals surface area contributed by atoms with Crippen LogP contribution in [0.4, 0.5) is 0 Å². The van der Waals surface area contributed by atoms with E-state index in [-0.39, 0.29) is 37.2 Å². The first-order valence-corrected chi connectivity index (χ1v) is 3.33. The molecule has 0 heterocycles. The third-order valence-corrected chi connectivity index (χ3v) is 1.43. The molecule has 0 rings (SSSR count). The van der Waals surface area contributed by atoms with Gasteiger partial charge in [-0.3, -0.25) is 0 Å².